The van der Waals surface area contributed by atoms with Crippen LogP contribution in [0.3, 0.4) is 0 Å². The third-order valence-corrected chi connectivity index (χ3v) is 4.50. The van der Waals surface area contributed by atoms with E-state index in [9.17, 15) is 4.79 Å². The molecule has 0 amide bonds. The molecule has 1 aromatic carbocycles. The van der Waals surface area contributed by atoms with Gasteiger partial charge in [0, 0.05) is 38.1 Å². The number of hydrogen-bond acceptors (Lipinski definition) is 3. The molecule has 22 heavy (non-hydrogen) atoms. The van der Waals surface area contributed by atoms with Crippen molar-refractivity contribution in [1.29, 1.82) is 0 Å². The number of likely N-dealkylation sites (tertiary alicyclic amines) is 1. The minimum atomic E-state index is -0.685. The Labute approximate surface area is 133 Å². The van der Waals surface area contributed by atoms with E-state index < -0.39 is 5.97 Å². The van der Waals surface area contributed by atoms with E-state index in [0.29, 0.717) is 18.0 Å². The lowest BCUT2D eigenvalue weighted by Gasteiger charge is -2.40. The highest BCUT2D eigenvalue weighted by atomic mass is 16.4. The highest BCUT2D eigenvalue weighted by molar-refractivity contribution is 5.66. The summed E-state index contributed by atoms with van der Waals surface area (Å²) in [5, 5.41) is 12.6. The number of benzene rings is 1. The lowest BCUT2D eigenvalue weighted by molar-refractivity contribution is -0.137. The van der Waals surface area contributed by atoms with Crippen LogP contribution in [0, 0.1) is 5.92 Å². The second kappa shape index (κ2) is 8.30. The summed E-state index contributed by atoms with van der Waals surface area (Å²) >= 11 is 0. The standard InChI is InChI=1S/C18H28N2O2/c1-14(2)20-12-16(8-9-18(21)22)10-17(13-20)19-11-15-6-4-3-5-7-15/h3-7,14,16-17,19H,8-13H2,1-2H3,(H,21,22). The van der Waals surface area contributed by atoms with E-state index in [1.54, 1.807) is 0 Å². The van der Waals surface area contributed by atoms with Gasteiger partial charge in [0.1, 0.15) is 0 Å². The van der Waals surface area contributed by atoms with Crippen molar-refractivity contribution in [1.82, 2.24) is 10.2 Å². The number of piperidine rings is 1. The van der Waals surface area contributed by atoms with Gasteiger partial charge in [-0.1, -0.05) is 30.3 Å². The lowest BCUT2D eigenvalue weighted by atomic mass is 9.89. The molecule has 4 heteroatoms. The molecule has 2 rings (SSSR count). The Bertz CT molecular complexity index is 461. The Morgan fingerprint density at radius 1 is 1.32 bits per heavy atom. The molecule has 2 unspecified atom stereocenters. The Morgan fingerprint density at radius 2 is 2.05 bits per heavy atom. The first kappa shape index (κ1) is 17.0. The van der Waals surface area contributed by atoms with Crippen molar-refractivity contribution >= 4 is 5.97 Å². The minimum Gasteiger partial charge on any atom is -0.481 e. The zero-order valence-corrected chi connectivity index (χ0v) is 13.7. The average molecular weight is 304 g/mol. The summed E-state index contributed by atoms with van der Waals surface area (Å²) in [4.78, 5) is 13.3. The second-order valence-corrected chi connectivity index (χ2v) is 6.65. The summed E-state index contributed by atoms with van der Waals surface area (Å²) in [5.41, 5.74) is 1.30. The lowest BCUT2D eigenvalue weighted by Crippen LogP contribution is -2.51. The van der Waals surface area contributed by atoms with Crippen LogP contribution in [0.1, 0.15) is 38.7 Å². The first-order valence-electron chi connectivity index (χ1n) is 8.27. The van der Waals surface area contributed by atoms with Crippen LogP contribution in [0.15, 0.2) is 30.3 Å². The quantitative estimate of drug-likeness (QED) is 0.813. The molecule has 0 radical (unpaired) electrons. The van der Waals surface area contributed by atoms with E-state index in [4.69, 9.17) is 5.11 Å². The topological polar surface area (TPSA) is 52.6 Å². The molecule has 122 valence electrons. The fourth-order valence-corrected chi connectivity index (χ4v) is 3.21. The monoisotopic (exact) mass is 304 g/mol. The van der Waals surface area contributed by atoms with Gasteiger partial charge in [0.05, 0.1) is 0 Å². The third-order valence-electron chi connectivity index (χ3n) is 4.50. The zero-order valence-electron chi connectivity index (χ0n) is 13.7. The summed E-state index contributed by atoms with van der Waals surface area (Å²) < 4.78 is 0. The largest absolute Gasteiger partial charge is 0.481 e. The number of rotatable bonds is 7. The van der Waals surface area contributed by atoms with Gasteiger partial charge in [-0.05, 0) is 38.2 Å². The number of aliphatic carboxylic acids is 1. The molecule has 0 aromatic heterocycles. The molecule has 1 aliphatic heterocycles. The minimum absolute atomic E-state index is 0.280. The van der Waals surface area contributed by atoms with Gasteiger partial charge >= 0.3 is 5.97 Å². The smallest absolute Gasteiger partial charge is 0.303 e. The molecule has 1 fully saturated rings. The van der Waals surface area contributed by atoms with Crippen LogP contribution in [0.2, 0.25) is 0 Å². The summed E-state index contributed by atoms with van der Waals surface area (Å²) in [6, 6.07) is 11.4. The number of carboxylic acids is 1. The zero-order chi connectivity index (χ0) is 15.9. The van der Waals surface area contributed by atoms with Gasteiger partial charge in [0.15, 0.2) is 0 Å². The highest BCUT2D eigenvalue weighted by Crippen LogP contribution is 2.23. The fourth-order valence-electron chi connectivity index (χ4n) is 3.21. The molecule has 0 aliphatic carbocycles. The van der Waals surface area contributed by atoms with Gasteiger partial charge < -0.3 is 10.4 Å². The molecule has 1 saturated heterocycles. The van der Waals surface area contributed by atoms with Crippen LogP contribution in [0.4, 0.5) is 0 Å². The first-order chi connectivity index (χ1) is 10.5. The molecule has 2 atom stereocenters. The first-order valence-corrected chi connectivity index (χ1v) is 8.27. The predicted molar refractivity (Wildman–Crippen MR) is 88.8 cm³/mol. The number of hydrogen-bond donors (Lipinski definition) is 2. The molecule has 0 saturated carbocycles. The van der Waals surface area contributed by atoms with E-state index in [-0.39, 0.29) is 6.42 Å². The van der Waals surface area contributed by atoms with Gasteiger partial charge in [-0.2, -0.15) is 0 Å². The van der Waals surface area contributed by atoms with Gasteiger partial charge in [0.25, 0.3) is 0 Å². The normalized spacial score (nSPS) is 22.9. The average Bonchev–Trinajstić information content (AvgIpc) is 2.52. The van der Waals surface area contributed by atoms with Crippen molar-refractivity contribution in [2.24, 2.45) is 5.92 Å². The Morgan fingerprint density at radius 3 is 2.68 bits per heavy atom. The highest BCUT2D eigenvalue weighted by Gasteiger charge is 2.28. The Hall–Kier alpha value is -1.39. The van der Waals surface area contributed by atoms with Crippen molar-refractivity contribution in [3.8, 4) is 0 Å². The summed E-state index contributed by atoms with van der Waals surface area (Å²) in [6.45, 7) is 7.38. The summed E-state index contributed by atoms with van der Waals surface area (Å²) in [6.07, 6.45) is 2.13. The van der Waals surface area contributed by atoms with Gasteiger partial charge in [-0.25, -0.2) is 0 Å². The van der Waals surface area contributed by atoms with Crippen molar-refractivity contribution < 1.29 is 9.90 Å². The SMILES string of the molecule is CC(C)N1CC(CCC(=O)O)CC(NCc2ccccc2)C1. The van der Waals surface area contributed by atoms with Crippen LogP contribution >= 0.6 is 0 Å². The Kier molecular flexibility index (Phi) is 6.40. The van der Waals surface area contributed by atoms with Crippen molar-refractivity contribution in [3.05, 3.63) is 35.9 Å². The number of nitrogens with one attached hydrogen (secondary N) is 1. The van der Waals surface area contributed by atoms with E-state index in [0.717, 1.165) is 32.5 Å². The van der Waals surface area contributed by atoms with E-state index in [1.807, 2.05) is 6.07 Å². The van der Waals surface area contributed by atoms with Crippen molar-refractivity contribution in [3.63, 3.8) is 0 Å². The Balaban J connectivity index is 1.89. The van der Waals surface area contributed by atoms with Crippen LogP contribution in [-0.2, 0) is 11.3 Å². The molecule has 0 bridgehead atoms. The molecule has 1 heterocycles. The molecule has 4 nitrogen and oxygen atoms in total. The van der Waals surface area contributed by atoms with Crippen LogP contribution in [0.5, 0.6) is 0 Å². The van der Waals surface area contributed by atoms with Crippen LogP contribution in [0.25, 0.3) is 0 Å². The van der Waals surface area contributed by atoms with Gasteiger partial charge in [-0.3, -0.25) is 9.69 Å². The van der Waals surface area contributed by atoms with Gasteiger partial charge in [-0.15, -0.1) is 0 Å². The van der Waals surface area contributed by atoms with E-state index in [2.05, 4.69) is 48.3 Å². The molecule has 1 aromatic rings. The number of carbonyl (C=O) groups is 1. The van der Waals surface area contributed by atoms with Gasteiger partial charge in [0.2, 0.25) is 0 Å². The van der Waals surface area contributed by atoms with E-state index in [1.165, 1.54) is 5.56 Å². The number of carboxylic acid groups (broad SMARTS) is 1. The molecular weight excluding hydrogens is 276 g/mol. The molecular formula is C18H28N2O2. The molecule has 0 spiro atoms. The maximum Gasteiger partial charge on any atom is 0.303 e. The fraction of sp³-hybridized carbons (Fsp3) is 0.611. The van der Waals surface area contributed by atoms with Crippen molar-refractivity contribution in [2.45, 2.75) is 51.7 Å². The third kappa shape index (κ3) is 5.43. The predicted octanol–water partition coefficient (Wildman–Crippen LogP) is 2.74. The summed E-state index contributed by atoms with van der Waals surface area (Å²) in [5.74, 6) is -0.212. The van der Waals surface area contributed by atoms with Crippen LogP contribution < -0.4 is 5.32 Å². The van der Waals surface area contributed by atoms with Crippen LogP contribution in [-0.4, -0.2) is 41.1 Å². The number of nitrogens with zero attached hydrogens (tertiary/aromatic N) is 1. The maximum absolute atomic E-state index is 10.8. The second-order valence-electron chi connectivity index (χ2n) is 6.65. The summed E-state index contributed by atoms with van der Waals surface area (Å²) in [7, 11) is 0. The molecule has 1 aliphatic rings. The molecule has 2 N–H and O–H groups in total. The maximum atomic E-state index is 10.8. The van der Waals surface area contributed by atoms with Crippen molar-refractivity contribution in [2.75, 3.05) is 13.1 Å². The van der Waals surface area contributed by atoms with E-state index >= 15 is 0 Å².